The topological polar surface area (TPSA) is 48.3 Å². The third-order valence-corrected chi connectivity index (χ3v) is 3.31. The zero-order valence-corrected chi connectivity index (χ0v) is 12.3. The molecule has 20 heavy (non-hydrogen) atoms. The molecule has 2 aromatic rings. The molecule has 0 bridgehead atoms. The molecule has 0 saturated carbocycles. The molecule has 0 saturated heterocycles. The van der Waals surface area contributed by atoms with E-state index in [0.29, 0.717) is 0 Å². The Kier molecular flexibility index (Phi) is 3.93. The van der Waals surface area contributed by atoms with E-state index in [2.05, 4.69) is 0 Å². The van der Waals surface area contributed by atoms with Gasteiger partial charge in [-0.15, -0.1) is 0 Å². The Morgan fingerprint density at radius 1 is 1.35 bits per heavy atom. The molecule has 0 aliphatic carbocycles. The minimum Gasteiger partial charge on any atom is -0.462 e. The molecule has 0 unspecified atom stereocenters. The number of nitrogens with zero attached hydrogens (tertiary/aromatic N) is 1. The van der Waals surface area contributed by atoms with E-state index in [0.717, 1.165) is 16.5 Å². The maximum absolute atomic E-state index is 12.5. The predicted octanol–water partition coefficient (Wildman–Crippen LogP) is 3.07. The molecule has 1 heterocycles. The highest BCUT2D eigenvalue weighted by Crippen LogP contribution is 2.21. The normalized spacial score (nSPS) is 11.1. The van der Waals surface area contributed by atoms with Gasteiger partial charge in [-0.3, -0.25) is 4.79 Å². The van der Waals surface area contributed by atoms with Crippen molar-refractivity contribution >= 4 is 16.9 Å². The van der Waals surface area contributed by atoms with Gasteiger partial charge in [0.2, 0.25) is 0 Å². The van der Waals surface area contributed by atoms with E-state index >= 15 is 0 Å². The lowest BCUT2D eigenvalue weighted by Crippen LogP contribution is -2.29. The van der Waals surface area contributed by atoms with E-state index in [9.17, 15) is 9.59 Å². The highest BCUT2D eigenvalue weighted by atomic mass is 16.5. The van der Waals surface area contributed by atoms with Gasteiger partial charge in [-0.05, 0) is 45.4 Å². The number of hydrogen-bond donors (Lipinski definition) is 0. The average Bonchev–Trinajstić information content (AvgIpc) is 2.38. The van der Waals surface area contributed by atoms with Crippen LogP contribution < -0.4 is 5.56 Å². The lowest BCUT2D eigenvalue weighted by Gasteiger charge is -2.16. The van der Waals surface area contributed by atoms with E-state index in [1.165, 1.54) is 0 Å². The fourth-order valence-electron chi connectivity index (χ4n) is 2.38. The molecular weight excluding hydrogens is 254 g/mol. The Morgan fingerprint density at radius 2 is 2.05 bits per heavy atom. The highest BCUT2D eigenvalue weighted by Gasteiger charge is 2.18. The van der Waals surface area contributed by atoms with Crippen LogP contribution in [-0.2, 0) is 4.74 Å². The summed E-state index contributed by atoms with van der Waals surface area (Å²) in [6, 6.07) is 7.40. The SMILES string of the molecule is CCOC(=O)c1cc2c(C)cccc2n(C(C)C)c1=O. The van der Waals surface area contributed by atoms with Crippen LogP contribution in [-0.4, -0.2) is 17.1 Å². The summed E-state index contributed by atoms with van der Waals surface area (Å²) in [5.74, 6) is -0.558. The van der Waals surface area contributed by atoms with Gasteiger partial charge in [0.15, 0.2) is 0 Å². The number of carbonyl (C=O) groups is 1. The second-order valence-electron chi connectivity index (χ2n) is 5.06. The standard InChI is InChI=1S/C16H19NO3/c1-5-20-16(19)13-9-12-11(4)7-6-8-14(12)17(10(2)3)15(13)18/h6-10H,5H2,1-4H3. The van der Waals surface area contributed by atoms with Crippen LogP contribution in [0.15, 0.2) is 29.1 Å². The Bertz CT molecular complexity index is 713. The second kappa shape index (κ2) is 5.49. The maximum atomic E-state index is 12.5. The van der Waals surface area contributed by atoms with Crippen molar-refractivity contribution in [2.45, 2.75) is 33.7 Å². The summed E-state index contributed by atoms with van der Waals surface area (Å²) in [7, 11) is 0. The Hall–Kier alpha value is -2.10. The molecule has 0 spiro atoms. The molecule has 1 aromatic carbocycles. The van der Waals surface area contributed by atoms with Crippen LogP contribution in [0.25, 0.3) is 10.9 Å². The lowest BCUT2D eigenvalue weighted by molar-refractivity contribution is 0.0523. The van der Waals surface area contributed by atoms with Crippen molar-refractivity contribution in [2.24, 2.45) is 0 Å². The smallest absolute Gasteiger partial charge is 0.343 e. The number of rotatable bonds is 3. The van der Waals surface area contributed by atoms with E-state index in [1.54, 1.807) is 17.6 Å². The van der Waals surface area contributed by atoms with E-state index in [1.807, 2.05) is 39.0 Å². The largest absolute Gasteiger partial charge is 0.462 e. The molecule has 106 valence electrons. The number of carbonyl (C=O) groups excluding carboxylic acids is 1. The minimum absolute atomic E-state index is 0.0267. The number of ether oxygens (including phenoxy) is 1. The average molecular weight is 273 g/mol. The van der Waals surface area contributed by atoms with Crippen molar-refractivity contribution in [2.75, 3.05) is 6.61 Å². The van der Waals surface area contributed by atoms with Gasteiger partial charge in [-0.2, -0.15) is 0 Å². The van der Waals surface area contributed by atoms with Gasteiger partial charge in [0.25, 0.3) is 5.56 Å². The zero-order valence-electron chi connectivity index (χ0n) is 12.3. The molecule has 0 N–H and O–H groups in total. The van der Waals surface area contributed by atoms with Gasteiger partial charge >= 0.3 is 5.97 Å². The first-order chi connectivity index (χ1) is 9.47. The number of benzene rings is 1. The Balaban J connectivity index is 2.85. The third kappa shape index (κ3) is 2.33. The predicted molar refractivity (Wildman–Crippen MR) is 79.3 cm³/mol. The first-order valence-electron chi connectivity index (χ1n) is 6.79. The molecule has 4 heteroatoms. The summed E-state index contributed by atoms with van der Waals surface area (Å²) < 4.78 is 6.63. The monoisotopic (exact) mass is 273 g/mol. The first-order valence-corrected chi connectivity index (χ1v) is 6.79. The third-order valence-electron chi connectivity index (χ3n) is 3.31. The number of aryl methyl sites for hydroxylation is 1. The summed E-state index contributed by atoms with van der Waals surface area (Å²) in [4.78, 5) is 24.5. The van der Waals surface area contributed by atoms with Gasteiger partial charge in [0.05, 0.1) is 12.1 Å². The molecule has 0 aliphatic heterocycles. The number of esters is 1. The summed E-state index contributed by atoms with van der Waals surface area (Å²) >= 11 is 0. The van der Waals surface area contributed by atoms with Gasteiger partial charge < -0.3 is 9.30 Å². The fourth-order valence-corrected chi connectivity index (χ4v) is 2.38. The van der Waals surface area contributed by atoms with Crippen molar-refractivity contribution in [3.05, 3.63) is 45.7 Å². The van der Waals surface area contributed by atoms with E-state index in [-0.39, 0.29) is 23.8 Å². The highest BCUT2D eigenvalue weighted by molar-refractivity contribution is 5.94. The van der Waals surface area contributed by atoms with Crippen molar-refractivity contribution in [1.29, 1.82) is 0 Å². The van der Waals surface area contributed by atoms with Crippen LogP contribution in [0.4, 0.5) is 0 Å². The molecule has 0 amide bonds. The van der Waals surface area contributed by atoms with Crippen molar-refractivity contribution in [3.8, 4) is 0 Å². The molecule has 1 aromatic heterocycles. The summed E-state index contributed by atoms with van der Waals surface area (Å²) in [5, 5.41) is 0.906. The Morgan fingerprint density at radius 3 is 2.65 bits per heavy atom. The van der Waals surface area contributed by atoms with Crippen molar-refractivity contribution in [3.63, 3.8) is 0 Å². The van der Waals surface area contributed by atoms with Crippen LogP contribution in [0.5, 0.6) is 0 Å². The van der Waals surface area contributed by atoms with Gasteiger partial charge in [0, 0.05) is 11.4 Å². The van der Waals surface area contributed by atoms with Crippen LogP contribution in [0.3, 0.4) is 0 Å². The number of fused-ring (bicyclic) bond motifs is 1. The summed E-state index contributed by atoms with van der Waals surface area (Å²) in [5.41, 5.74) is 1.68. The molecular formula is C16H19NO3. The number of aromatic nitrogens is 1. The zero-order chi connectivity index (χ0) is 14.9. The van der Waals surface area contributed by atoms with Crippen LogP contribution in [0.2, 0.25) is 0 Å². The van der Waals surface area contributed by atoms with Crippen LogP contribution in [0, 0.1) is 6.92 Å². The molecule has 0 radical (unpaired) electrons. The number of pyridine rings is 1. The van der Waals surface area contributed by atoms with Gasteiger partial charge in [-0.1, -0.05) is 12.1 Å². The summed E-state index contributed by atoms with van der Waals surface area (Å²) in [6.45, 7) is 7.81. The van der Waals surface area contributed by atoms with Crippen molar-refractivity contribution in [1.82, 2.24) is 4.57 Å². The Labute approximate surface area is 118 Å². The molecule has 0 fully saturated rings. The van der Waals surface area contributed by atoms with Gasteiger partial charge in [-0.25, -0.2) is 4.79 Å². The second-order valence-corrected chi connectivity index (χ2v) is 5.06. The van der Waals surface area contributed by atoms with Crippen LogP contribution in [0.1, 0.15) is 42.7 Å². The molecule has 0 aliphatic rings. The van der Waals surface area contributed by atoms with Gasteiger partial charge in [0.1, 0.15) is 5.56 Å². The summed E-state index contributed by atoms with van der Waals surface area (Å²) in [6.07, 6.45) is 0. The fraction of sp³-hybridized carbons (Fsp3) is 0.375. The lowest BCUT2D eigenvalue weighted by atomic mass is 10.1. The van der Waals surface area contributed by atoms with E-state index in [4.69, 9.17) is 4.74 Å². The first kappa shape index (κ1) is 14.3. The molecule has 0 atom stereocenters. The van der Waals surface area contributed by atoms with Crippen LogP contribution >= 0.6 is 0 Å². The van der Waals surface area contributed by atoms with E-state index < -0.39 is 5.97 Å². The quantitative estimate of drug-likeness (QED) is 0.807. The number of hydrogen-bond acceptors (Lipinski definition) is 3. The minimum atomic E-state index is -0.558. The van der Waals surface area contributed by atoms with Crippen molar-refractivity contribution < 1.29 is 9.53 Å². The maximum Gasteiger partial charge on any atom is 0.343 e. The molecule has 4 nitrogen and oxygen atoms in total. The molecule has 2 rings (SSSR count).